The molecule has 5 heteroatoms. The van der Waals surface area contributed by atoms with Gasteiger partial charge in [0.1, 0.15) is 0 Å². The molecule has 2 nitrogen and oxygen atoms in total. The Hall–Kier alpha value is -0.390. The van der Waals surface area contributed by atoms with Crippen molar-refractivity contribution in [3.8, 4) is 0 Å². The Bertz CT molecular complexity index is 519. The minimum Gasteiger partial charge on any atom is -0.478 e. The van der Waals surface area contributed by atoms with Crippen LogP contribution in [0.15, 0.2) is 26.5 Å². The van der Waals surface area contributed by atoms with Gasteiger partial charge in [0.25, 0.3) is 0 Å². The lowest BCUT2D eigenvalue weighted by atomic mass is 10.2. The third-order valence-electron chi connectivity index (χ3n) is 1.84. The number of carbonyl (C=O) groups is 1. The van der Waals surface area contributed by atoms with Crippen molar-refractivity contribution >= 4 is 59.3 Å². The molecule has 0 saturated carbocycles. The lowest BCUT2D eigenvalue weighted by Gasteiger charge is -1.95. The van der Waals surface area contributed by atoms with Crippen molar-refractivity contribution in [1.82, 2.24) is 0 Å². The van der Waals surface area contributed by atoms with Gasteiger partial charge in [-0.3, -0.25) is 0 Å². The van der Waals surface area contributed by atoms with Crippen LogP contribution in [0.1, 0.15) is 10.4 Å². The van der Waals surface area contributed by atoms with Crippen LogP contribution >= 0.6 is 43.2 Å². The van der Waals surface area contributed by atoms with Crippen LogP contribution in [0.25, 0.3) is 10.1 Å². The van der Waals surface area contributed by atoms with Crippen LogP contribution in [-0.2, 0) is 0 Å². The molecular weight excluding hydrogens is 332 g/mol. The molecule has 2 aromatic rings. The highest BCUT2D eigenvalue weighted by atomic mass is 79.9. The number of thiophene rings is 1. The van der Waals surface area contributed by atoms with Crippen molar-refractivity contribution in [2.24, 2.45) is 0 Å². The Labute approximate surface area is 101 Å². The Balaban J connectivity index is 2.93. The Morgan fingerprint density at radius 2 is 2.07 bits per heavy atom. The molecule has 14 heavy (non-hydrogen) atoms. The van der Waals surface area contributed by atoms with E-state index < -0.39 is 5.97 Å². The molecular formula is C9H4Br2O2S. The van der Waals surface area contributed by atoms with E-state index in [4.69, 9.17) is 5.11 Å². The van der Waals surface area contributed by atoms with Crippen molar-refractivity contribution in [2.45, 2.75) is 0 Å². The number of aromatic carboxylic acids is 1. The monoisotopic (exact) mass is 334 g/mol. The average Bonchev–Trinajstić information content (AvgIpc) is 2.42. The van der Waals surface area contributed by atoms with Gasteiger partial charge in [-0.2, -0.15) is 0 Å². The van der Waals surface area contributed by atoms with Crippen molar-refractivity contribution in [1.29, 1.82) is 0 Å². The lowest BCUT2D eigenvalue weighted by molar-refractivity contribution is 0.0698. The second-order valence-electron chi connectivity index (χ2n) is 2.67. The fraction of sp³-hybridized carbons (Fsp3) is 0. The summed E-state index contributed by atoms with van der Waals surface area (Å²) in [5.41, 5.74) is 0.331. The molecule has 2 rings (SSSR count). The molecule has 0 fully saturated rings. The van der Waals surface area contributed by atoms with Crippen LogP contribution < -0.4 is 0 Å². The zero-order valence-corrected chi connectivity index (χ0v) is 10.7. The van der Waals surface area contributed by atoms with Gasteiger partial charge in [-0.1, -0.05) is 22.0 Å². The van der Waals surface area contributed by atoms with E-state index in [-0.39, 0.29) is 0 Å². The van der Waals surface area contributed by atoms with Crippen LogP contribution in [-0.4, -0.2) is 11.1 Å². The van der Waals surface area contributed by atoms with Crippen LogP contribution in [0.5, 0.6) is 0 Å². The summed E-state index contributed by atoms with van der Waals surface area (Å²) < 4.78 is 2.44. The molecule has 0 spiro atoms. The Morgan fingerprint density at radius 1 is 1.36 bits per heavy atom. The number of hydrogen-bond acceptors (Lipinski definition) is 2. The molecule has 0 amide bonds. The van der Waals surface area contributed by atoms with Gasteiger partial charge >= 0.3 is 5.97 Å². The predicted molar refractivity (Wildman–Crippen MR) is 64.2 cm³/mol. The third kappa shape index (κ3) is 1.49. The largest absolute Gasteiger partial charge is 0.478 e. The van der Waals surface area contributed by atoms with E-state index in [2.05, 4.69) is 31.9 Å². The quantitative estimate of drug-likeness (QED) is 0.851. The maximum atomic E-state index is 11.0. The van der Waals surface area contributed by atoms with E-state index in [0.29, 0.717) is 9.35 Å². The first-order chi connectivity index (χ1) is 6.61. The molecule has 0 bridgehead atoms. The maximum Gasteiger partial charge on any atom is 0.338 e. The molecule has 0 aliphatic heterocycles. The van der Waals surface area contributed by atoms with Gasteiger partial charge in [-0.05, 0) is 28.1 Å². The van der Waals surface area contributed by atoms with Crippen molar-refractivity contribution in [3.63, 3.8) is 0 Å². The number of halogens is 2. The van der Waals surface area contributed by atoms with Crippen LogP contribution in [0.3, 0.4) is 0 Å². The summed E-state index contributed by atoms with van der Waals surface area (Å²) in [5, 5.41) is 9.79. The minimum absolute atomic E-state index is 0.331. The van der Waals surface area contributed by atoms with Crippen molar-refractivity contribution < 1.29 is 9.90 Å². The molecule has 1 aromatic heterocycles. The second-order valence-corrected chi connectivity index (χ2v) is 5.89. The number of fused-ring (bicyclic) bond motifs is 1. The zero-order valence-electron chi connectivity index (χ0n) is 6.75. The van der Waals surface area contributed by atoms with E-state index in [1.165, 1.54) is 11.3 Å². The van der Waals surface area contributed by atoms with Gasteiger partial charge in [-0.15, -0.1) is 11.3 Å². The fourth-order valence-electron chi connectivity index (χ4n) is 1.27. The van der Waals surface area contributed by atoms with E-state index >= 15 is 0 Å². The van der Waals surface area contributed by atoms with E-state index in [1.54, 1.807) is 0 Å². The smallest absolute Gasteiger partial charge is 0.338 e. The summed E-state index contributed by atoms with van der Waals surface area (Å²) in [7, 11) is 0. The zero-order chi connectivity index (χ0) is 10.3. The summed E-state index contributed by atoms with van der Waals surface area (Å²) >= 11 is 8.04. The average molecular weight is 336 g/mol. The Morgan fingerprint density at radius 3 is 2.71 bits per heavy atom. The highest BCUT2D eigenvalue weighted by molar-refractivity contribution is 9.11. The molecule has 0 aliphatic rings. The maximum absolute atomic E-state index is 11.0. The SMILES string of the molecule is O=C(O)c1c(Br)sc2cccc(Br)c12. The predicted octanol–water partition coefficient (Wildman–Crippen LogP) is 4.12. The normalized spacial score (nSPS) is 10.7. The van der Waals surface area contributed by atoms with Crippen molar-refractivity contribution in [2.75, 3.05) is 0 Å². The summed E-state index contributed by atoms with van der Waals surface area (Å²) in [5.74, 6) is -0.907. The first kappa shape index (κ1) is 10.1. The molecule has 0 saturated heterocycles. The summed E-state index contributed by atoms with van der Waals surface area (Å²) in [4.78, 5) is 11.0. The van der Waals surface area contributed by atoms with Crippen LogP contribution in [0, 0.1) is 0 Å². The fourth-order valence-corrected chi connectivity index (χ4v) is 3.80. The molecule has 0 radical (unpaired) electrons. The molecule has 1 aromatic carbocycles. The third-order valence-corrected chi connectivity index (χ3v) is 4.32. The highest BCUT2D eigenvalue weighted by Gasteiger charge is 2.18. The van der Waals surface area contributed by atoms with E-state index in [1.807, 2.05) is 18.2 Å². The first-order valence-corrected chi connectivity index (χ1v) is 6.11. The molecule has 0 aliphatic carbocycles. The van der Waals surface area contributed by atoms with Gasteiger partial charge < -0.3 is 5.11 Å². The number of hydrogen-bond donors (Lipinski definition) is 1. The molecule has 1 N–H and O–H groups in total. The number of rotatable bonds is 1. The first-order valence-electron chi connectivity index (χ1n) is 3.71. The van der Waals surface area contributed by atoms with Crippen LogP contribution in [0.2, 0.25) is 0 Å². The minimum atomic E-state index is -0.907. The number of carboxylic acids is 1. The lowest BCUT2D eigenvalue weighted by Crippen LogP contribution is -1.95. The van der Waals surface area contributed by atoms with Gasteiger partial charge in [-0.25, -0.2) is 4.79 Å². The molecule has 0 unspecified atom stereocenters. The van der Waals surface area contributed by atoms with Gasteiger partial charge in [0, 0.05) is 14.6 Å². The summed E-state index contributed by atoms with van der Waals surface area (Å²) in [6.07, 6.45) is 0. The number of carboxylic acid groups (broad SMARTS) is 1. The van der Waals surface area contributed by atoms with E-state index in [9.17, 15) is 4.79 Å². The second kappa shape index (κ2) is 3.64. The topological polar surface area (TPSA) is 37.3 Å². The molecule has 1 heterocycles. The highest BCUT2D eigenvalue weighted by Crippen LogP contribution is 2.39. The van der Waals surface area contributed by atoms with Gasteiger partial charge in [0.15, 0.2) is 0 Å². The van der Waals surface area contributed by atoms with Gasteiger partial charge in [0.05, 0.1) is 9.35 Å². The summed E-state index contributed by atoms with van der Waals surface area (Å²) in [6, 6.07) is 5.64. The Kier molecular flexibility index (Phi) is 2.64. The van der Waals surface area contributed by atoms with Gasteiger partial charge in [0.2, 0.25) is 0 Å². The van der Waals surface area contributed by atoms with Crippen LogP contribution in [0.4, 0.5) is 0 Å². The summed E-state index contributed by atoms with van der Waals surface area (Å²) in [6.45, 7) is 0. The van der Waals surface area contributed by atoms with Crippen molar-refractivity contribution in [3.05, 3.63) is 32.0 Å². The standard InChI is InChI=1S/C9H4Br2O2S/c10-4-2-1-3-5-6(4)7(9(12)13)8(11)14-5/h1-3H,(H,12,13). The van der Waals surface area contributed by atoms with E-state index in [0.717, 1.165) is 14.6 Å². The molecule has 72 valence electrons. The number of benzene rings is 1. The molecule has 0 atom stereocenters.